The fourth-order valence-electron chi connectivity index (χ4n) is 4.86. The summed E-state index contributed by atoms with van der Waals surface area (Å²) in [6.45, 7) is 4.93. The maximum atomic E-state index is 13.7. The number of unbranched alkanes of at least 4 members (excludes halogenated alkanes) is 2. The minimum Gasteiger partial charge on any atom is -0.507 e. The number of ketones is 1. The summed E-state index contributed by atoms with van der Waals surface area (Å²) >= 11 is 7.44. The van der Waals surface area contributed by atoms with Crippen LogP contribution in [0.15, 0.2) is 66.2 Å². The quantitative estimate of drug-likeness (QED) is 0.0814. The number of hydrogen-bond donors (Lipinski definition) is 1. The third-order valence-corrected chi connectivity index (χ3v) is 8.19. The molecule has 1 unspecified atom stereocenters. The maximum Gasteiger partial charge on any atom is 0.301 e. The topological polar surface area (TPSA) is 98.2 Å². The highest BCUT2D eigenvalue weighted by Gasteiger charge is 2.48. The van der Waals surface area contributed by atoms with Gasteiger partial charge in [-0.25, -0.2) is 4.98 Å². The van der Waals surface area contributed by atoms with Crippen LogP contribution in [0.5, 0.6) is 17.2 Å². The van der Waals surface area contributed by atoms with E-state index in [1.54, 1.807) is 67.8 Å². The molecule has 1 fully saturated rings. The van der Waals surface area contributed by atoms with E-state index in [9.17, 15) is 14.7 Å². The number of thiazole rings is 1. The Morgan fingerprint density at radius 3 is 2.50 bits per heavy atom. The predicted molar refractivity (Wildman–Crippen MR) is 165 cm³/mol. The first-order chi connectivity index (χ1) is 20.4. The number of carbonyl (C=O) groups is 2. The van der Waals surface area contributed by atoms with Gasteiger partial charge < -0.3 is 19.3 Å². The van der Waals surface area contributed by atoms with Crippen molar-refractivity contribution in [3.8, 4) is 17.2 Å². The van der Waals surface area contributed by atoms with E-state index in [0.717, 1.165) is 24.0 Å². The zero-order chi connectivity index (χ0) is 29.8. The number of rotatable bonds is 11. The van der Waals surface area contributed by atoms with Crippen molar-refractivity contribution in [1.82, 2.24) is 4.98 Å². The molecule has 8 nitrogen and oxygen atoms in total. The van der Waals surface area contributed by atoms with Crippen LogP contribution in [-0.2, 0) is 9.59 Å². The highest BCUT2D eigenvalue weighted by molar-refractivity contribution is 7.22. The number of aliphatic hydroxyl groups excluding tert-OH is 1. The molecule has 2 heterocycles. The molecular weight excluding hydrogens is 576 g/mol. The Labute approximate surface area is 253 Å². The van der Waals surface area contributed by atoms with Crippen LogP contribution in [0.25, 0.3) is 16.0 Å². The van der Waals surface area contributed by atoms with E-state index in [-0.39, 0.29) is 11.3 Å². The largest absolute Gasteiger partial charge is 0.507 e. The van der Waals surface area contributed by atoms with Crippen molar-refractivity contribution in [3.63, 3.8) is 0 Å². The van der Waals surface area contributed by atoms with Gasteiger partial charge in [0, 0.05) is 10.6 Å². The van der Waals surface area contributed by atoms with Crippen LogP contribution >= 0.6 is 22.9 Å². The molecule has 0 saturated carbocycles. The number of carbonyl (C=O) groups excluding carboxylic acids is 2. The number of benzene rings is 3. The standard InChI is InChI=1S/C32H31ClN2O6S/c1-4-6-7-16-41-24-15-10-20(17-25(24)40-5-2)28-27(29(36)19-8-12-22(39-3)13-9-19)30(37)31(38)35(28)32-34-23-14-11-21(33)18-26(23)42-32/h8-15,17-18,28,36H,4-7,16H2,1-3H3. The van der Waals surface area contributed by atoms with E-state index in [1.165, 1.54) is 16.2 Å². The number of Topliss-reactive ketones (excluding diaryl/α,β-unsaturated/α-hetero) is 1. The Balaban J connectivity index is 1.66. The summed E-state index contributed by atoms with van der Waals surface area (Å²) in [6.07, 6.45) is 3.04. The zero-order valence-corrected chi connectivity index (χ0v) is 25.1. The molecule has 10 heteroatoms. The first kappa shape index (κ1) is 29.4. The molecule has 0 aliphatic carbocycles. The van der Waals surface area contributed by atoms with E-state index in [4.69, 9.17) is 25.8 Å². The van der Waals surface area contributed by atoms with Crippen molar-refractivity contribution >= 4 is 55.7 Å². The van der Waals surface area contributed by atoms with Gasteiger partial charge >= 0.3 is 5.91 Å². The molecule has 1 aliphatic rings. The van der Waals surface area contributed by atoms with Gasteiger partial charge in [0.15, 0.2) is 16.6 Å². The Morgan fingerprint density at radius 1 is 1.00 bits per heavy atom. The van der Waals surface area contributed by atoms with E-state index >= 15 is 0 Å². The monoisotopic (exact) mass is 606 g/mol. The average Bonchev–Trinajstić information content (AvgIpc) is 3.53. The van der Waals surface area contributed by atoms with E-state index in [0.29, 0.717) is 57.3 Å². The molecule has 0 spiro atoms. The third-order valence-electron chi connectivity index (χ3n) is 6.94. The molecule has 1 amide bonds. The van der Waals surface area contributed by atoms with Gasteiger partial charge in [-0.05, 0) is 73.5 Å². The number of hydrogen-bond acceptors (Lipinski definition) is 8. The third kappa shape index (κ3) is 5.80. The van der Waals surface area contributed by atoms with Crippen LogP contribution in [0.2, 0.25) is 5.02 Å². The molecule has 1 aliphatic heterocycles. The van der Waals surface area contributed by atoms with Crippen molar-refractivity contribution in [1.29, 1.82) is 0 Å². The molecular formula is C32H31ClN2O6S. The van der Waals surface area contributed by atoms with Crippen LogP contribution < -0.4 is 19.1 Å². The van der Waals surface area contributed by atoms with Gasteiger partial charge in [-0.3, -0.25) is 14.5 Å². The minimum absolute atomic E-state index is 0.0542. The highest BCUT2D eigenvalue weighted by atomic mass is 35.5. The second-order valence-corrected chi connectivity index (χ2v) is 11.1. The first-order valence-electron chi connectivity index (χ1n) is 13.8. The van der Waals surface area contributed by atoms with Crippen LogP contribution in [0.1, 0.15) is 50.3 Å². The zero-order valence-electron chi connectivity index (χ0n) is 23.6. The van der Waals surface area contributed by atoms with Crippen molar-refractivity contribution in [2.24, 2.45) is 0 Å². The minimum atomic E-state index is -0.975. The molecule has 1 aromatic heterocycles. The SMILES string of the molecule is CCCCCOc1ccc(C2C(=C(O)c3ccc(OC)cc3)C(=O)C(=O)N2c2nc3ccc(Cl)cc3s2)cc1OCC. The van der Waals surface area contributed by atoms with Gasteiger partial charge in [-0.2, -0.15) is 0 Å². The molecule has 218 valence electrons. The van der Waals surface area contributed by atoms with Crippen molar-refractivity contribution in [3.05, 3.63) is 82.4 Å². The first-order valence-corrected chi connectivity index (χ1v) is 15.0. The lowest BCUT2D eigenvalue weighted by Gasteiger charge is -2.24. The molecule has 0 radical (unpaired) electrons. The van der Waals surface area contributed by atoms with Gasteiger partial charge in [0.1, 0.15) is 11.5 Å². The Bertz CT molecular complexity index is 1650. The summed E-state index contributed by atoms with van der Waals surface area (Å²) in [5.74, 6) is -0.268. The number of anilines is 1. The molecule has 42 heavy (non-hydrogen) atoms. The number of ether oxygens (including phenoxy) is 3. The van der Waals surface area contributed by atoms with E-state index < -0.39 is 17.7 Å². The fourth-order valence-corrected chi connectivity index (χ4v) is 6.12. The maximum absolute atomic E-state index is 13.7. The Hall–Kier alpha value is -4.08. The van der Waals surface area contributed by atoms with Gasteiger partial charge in [-0.15, -0.1) is 0 Å². The summed E-state index contributed by atoms with van der Waals surface area (Å²) in [5, 5.41) is 12.3. The number of nitrogens with zero attached hydrogens (tertiary/aromatic N) is 2. The van der Waals surface area contributed by atoms with Gasteiger partial charge in [0.2, 0.25) is 0 Å². The molecule has 1 N–H and O–H groups in total. The van der Waals surface area contributed by atoms with Crippen molar-refractivity contribution < 1.29 is 28.9 Å². The summed E-state index contributed by atoms with van der Waals surface area (Å²) in [7, 11) is 1.54. The van der Waals surface area contributed by atoms with Crippen LogP contribution in [0, 0.1) is 0 Å². The van der Waals surface area contributed by atoms with Gasteiger partial charge in [-0.1, -0.05) is 48.8 Å². The fraction of sp³-hybridized carbons (Fsp3) is 0.281. The number of aromatic nitrogens is 1. The molecule has 3 aromatic carbocycles. The van der Waals surface area contributed by atoms with Gasteiger partial charge in [0.25, 0.3) is 5.78 Å². The summed E-state index contributed by atoms with van der Waals surface area (Å²) < 4.78 is 17.9. The van der Waals surface area contributed by atoms with E-state index in [2.05, 4.69) is 11.9 Å². The van der Waals surface area contributed by atoms with E-state index in [1.807, 2.05) is 6.92 Å². The molecule has 5 rings (SSSR count). The Kier molecular flexibility index (Phi) is 8.99. The summed E-state index contributed by atoms with van der Waals surface area (Å²) in [6, 6.07) is 16.2. The normalized spacial score (nSPS) is 16.3. The molecule has 1 saturated heterocycles. The number of aliphatic hydroxyl groups is 1. The average molecular weight is 607 g/mol. The lowest BCUT2D eigenvalue weighted by molar-refractivity contribution is -0.132. The second kappa shape index (κ2) is 12.8. The van der Waals surface area contributed by atoms with Crippen LogP contribution in [0.4, 0.5) is 5.13 Å². The molecule has 0 bridgehead atoms. The summed E-state index contributed by atoms with van der Waals surface area (Å²) in [5.41, 5.74) is 1.52. The number of methoxy groups -OCH3 is 1. The molecule has 4 aromatic rings. The van der Waals surface area contributed by atoms with Crippen molar-refractivity contribution in [2.45, 2.75) is 39.2 Å². The number of amides is 1. The molecule has 1 atom stereocenters. The summed E-state index contributed by atoms with van der Waals surface area (Å²) in [4.78, 5) is 33.3. The van der Waals surface area contributed by atoms with Crippen molar-refractivity contribution in [2.75, 3.05) is 25.2 Å². The number of halogens is 1. The lowest BCUT2D eigenvalue weighted by Crippen LogP contribution is -2.29. The number of fused-ring (bicyclic) bond motifs is 1. The van der Waals surface area contributed by atoms with Gasteiger partial charge in [0.05, 0.1) is 42.2 Å². The Morgan fingerprint density at radius 2 is 1.79 bits per heavy atom. The van der Waals surface area contributed by atoms with Crippen LogP contribution in [0.3, 0.4) is 0 Å². The second-order valence-electron chi connectivity index (χ2n) is 9.70. The predicted octanol–water partition coefficient (Wildman–Crippen LogP) is 7.55. The van der Waals surface area contributed by atoms with Crippen LogP contribution in [-0.4, -0.2) is 42.1 Å². The smallest absolute Gasteiger partial charge is 0.301 e. The highest BCUT2D eigenvalue weighted by Crippen LogP contribution is 2.46. The lowest BCUT2D eigenvalue weighted by atomic mass is 9.95.